The van der Waals surface area contributed by atoms with Crippen molar-refractivity contribution in [1.29, 1.82) is 0 Å². The Morgan fingerprint density at radius 1 is 0.727 bits per heavy atom. The van der Waals surface area contributed by atoms with Crippen LogP contribution in [0.5, 0.6) is 0 Å². The number of imidazole rings is 1. The van der Waals surface area contributed by atoms with Crippen molar-refractivity contribution in [1.82, 2.24) is 9.55 Å². The molecule has 244 valence electrons. The highest BCUT2D eigenvalue weighted by atomic mass is 16.6. The molecule has 1 aliphatic heterocycles. The molecule has 0 aliphatic carbocycles. The molecule has 7 nitrogen and oxygen atoms in total. The van der Waals surface area contributed by atoms with Crippen LogP contribution in [0, 0.1) is 0 Å². The van der Waals surface area contributed by atoms with E-state index in [1.54, 1.807) is 0 Å². The monoisotopic (exact) mass is 608 g/mol. The summed E-state index contributed by atoms with van der Waals surface area (Å²) in [4.78, 5) is 4.93. The fraction of sp³-hybridized carbons (Fsp3) is 0.649. The minimum atomic E-state index is -0.301. The number of ether oxygens (including phenoxy) is 5. The molecule has 2 aromatic carbocycles. The van der Waals surface area contributed by atoms with E-state index in [0.717, 1.165) is 80.2 Å². The van der Waals surface area contributed by atoms with E-state index >= 15 is 0 Å². The maximum atomic E-state index is 6.98. The van der Waals surface area contributed by atoms with Gasteiger partial charge in [0.2, 0.25) is 0 Å². The Morgan fingerprint density at radius 3 is 2.05 bits per heavy atom. The first-order valence-electron chi connectivity index (χ1n) is 17.2. The van der Waals surface area contributed by atoms with Gasteiger partial charge in [-0.2, -0.15) is 0 Å². The standard InChI is InChI=1S/C37H56N2O5/c1-6-10-21-40-27-32-35(41-22-11-7-2)37(43-24-13-9-4)36(42-23-12-8-3)34(44-32)29-18-16-17-28(25-29)26-33-38-30-19-14-15-20-31(30)39(33)5/h14-20,25,32,34-37H,6-13,21-24,26-27H2,1-5H3/t32?,34?,35-,36+,37?/m1/s1. The number of aromatic nitrogens is 2. The van der Waals surface area contributed by atoms with Crippen molar-refractivity contribution in [2.45, 2.75) is 116 Å². The summed E-state index contributed by atoms with van der Waals surface area (Å²) in [6.07, 6.45) is 7.70. The van der Waals surface area contributed by atoms with Crippen LogP contribution in [0.4, 0.5) is 0 Å². The molecule has 0 saturated carbocycles. The van der Waals surface area contributed by atoms with E-state index in [1.165, 1.54) is 5.56 Å². The molecule has 1 saturated heterocycles. The number of hydrogen-bond donors (Lipinski definition) is 0. The molecule has 44 heavy (non-hydrogen) atoms. The number of benzene rings is 2. The van der Waals surface area contributed by atoms with E-state index in [2.05, 4.69) is 81.8 Å². The van der Waals surface area contributed by atoms with Crippen LogP contribution in [-0.2, 0) is 37.2 Å². The van der Waals surface area contributed by atoms with Gasteiger partial charge in [0.1, 0.15) is 36.3 Å². The molecule has 3 aromatic rings. The number of aryl methyl sites for hydroxylation is 1. The number of para-hydroxylation sites is 2. The second-order valence-corrected chi connectivity index (χ2v) is 12.1. The second-order valence-electron chi connectivity index (χ2n) is 12.1. The molecule has 1 aliphatic rings. The summed E-state index contributed by atoms with van der Waals surface area (Å²) in [6, 6.07) is 17.0. The van der Waals surface area contributed by atoms with Crippen LogP contribution < -0.4 is 0 Å². The summed E-state index contributed by atoms with van der Waals surface area (Å²) in [5.41, 5.74) is 4.45. The Bertz CT molecular complexity index is 1230. The van der Waals surface area contributed by atoms with E-state index in [-0.39, 0.29) is 30.5 Å². The maximum Gasteiger partial charge on any atom is 0.117 e. The molecular weight excluding hydrogens is 552 g/mol. The molecule has 4 rings (SSSR count). The van der Waals surface area contributed by atoms with Crippen molar-refractivity contribution in [3.05, 3.63) is 65.5 Å². The maximum absolute atomic E-state index is 6.98. The highest BCUT2D eigenvalue weighted by molar-refractivity contribution is 5.75. The summed E-state index contributed by atoms with van der Waals surface area (Å²) in [5.74, 6) is 1.04. The lowest BCUT2D eigenvalue weighted by molar-refractivity contribution is -0.268. The van der Waals surface area contributed by atoms with Crippen LogP contribution in [0.2, 0.25) is 0 Å². The Hall–Kier alpha value is -2.29. The van der Waals surface area contributed by atoms with Gasteiger partial charge in [0.15, 0.2) is 0 Å². The lowest BCUT2D eigenvalue weighted by Crippen LogP contribution is -2.58. The SMILES string of the molecule is CCCCOCC1OC(c2cccc(Cc3nc4ccccc4n3C)c2)[C@H](OCCCC)C(OCCCC)[C@@H]1OCCCC. The van der Waals surface area contributed by atoms with Crippen molar-refractivity contribution >= 4 is 11.0 Å². The van der Waals surface area contributed by atoms with Crippen LogP contribution in [-0.4, -0.2) is 67.0 Å². The molecule has 1 fully saturated rings. The van der Waals surface area contributed by atoms with Crippen LogP contribution >= 0.6 is 0 Å². The van der Waals surface area contributed by atoms with E-state index in [9.17, 15) is 0 Å². The summed E-state index contributed by atoms with van der Waals surface area (Å²) in [5, 5.41) is 0. The Kier molecular flexibility index (Phi) is 14.6. The zero-order valence-corrected chi connectivity index (χ0v) is 27.8. The van der Waals surface area contributed by atoms with Gasteiger partial charge in [-0.1, -0.05) is 89.8 Å². The van der Waals surface area contributed by atoms with Crippen LogP contribution in [0.15, 0.2) is 48.5 Å². The van der Waals surface area contributed by atoms with Gasteiger partial charge in [0.05, 0.1) is 17.6 Å². The van der Waals surface area contributed by atoms with Crippen LogP contribution in [0.1, 0.15) is 102 Å². The van der Waals surface area contributed by atoms with Gasteiger partial charge >= 0.3 is 0 Å². The average Bonchev–Trinajstić information content (AvgIpc) is 3.35. The molecule has 1 aromatic heterocycles. The molecule has 2 heterocycles. The normalized spacial score (nSPS) is 22.2. The number of fused-ring (bicyclic) bond motifs is 1. The molecular formula is C37H56N2O5. The predicted octanol–water partition coefficient (Wildman–Crippen LogP) is 7.98. The van der Waals surface area contributed by atoms with Crippen molar-refractivity contribution in [2.75, 3.05) is 33.0 Å². The number of hydrogen-bond acceptors (Lipinski definition) is 6. The highest BCUT2D eigenvalue weighted by Gasteiger charge is 2.48. The van der Waals surface area contributed by atoms with Gasteiger partial charge in [0, 0.05) is 39.9 Å². The van der Waals surface area contributed by atoms with Gasteiger partial charge in [0.25, 0.3) is 0 Å². The number of unbranched alkanes of at least 4 members (excludes halogenated alkanes) is 4. The number of rotatable bonds is 20. The number of nitrogens with zero attached hydrogens (tertiary/aromatic N) is 2. The van der Waals surface area contributed by atoms with E-state index in [4.69, 9.17) is 28.7 Å². The predicted molar refractivity (Wildman–Crippen MR) is 177 cm³/mol. The minimum Gasteiger partial charge on any atom is -0.379 e. The lowest BCUT2D eigenvalue weighted by Gasteiger charge is -2.46. The van der Waals surface area contributed by atoms with E-state index < -0.39 is 0 Å². The molecule has 0 radical (unpaired) electrons. The third-order valence-electron chi connectivity index (χ3n) is 8.50. The third kappa shape index (κ3) is 9.37. The van der Waals surface area contributed by atoms with E-state index in [0.29, 0.717) is 33.0 Å². The summed E-state index contributed by atoms with van der Waals surface area (Å²) < 4.78 is 35.3. The van der Waals surface area contributed by atoms with Gasteiger partial charge < -0.3 is 28.3 Å². The first-order valence-corrected chi connectivity index (χ1v) is 17.2. The fourth-order valence-corrected chi connectivity index (χ4v) is 5.84. The minimum absolute atomic E-state index is 0.253. The van der Waals surface area contributed by atoms with Gasteiger partial charge in [-0.3, -0.25) is 0 Å². The van der Waals surface area contributed by atoms with Crippen LogP contribution in [0.25, 0.3) is 11.0 Å². The molecule has 7 heteroatoms. The largest absolute Gasteiger partial charge is 0.379 e. The molecule has 5 atom stereocenters. The highest BCUT2D eigenvalue weighted by Crippen LogP contribution is 2.38. The van der Waals surface area contributed by atoms with Gasteiger partial charge in [-0.15, -0.1) is 0 Å². The van der Waals surface area contributed by atoms with Crippen molar-refractivity contribution < 1.29 is 23.7 Å². The Labute approximate surface area is 265 Å². The van der Waals surface area contributed by atoms with Crippen molar-refractivity contribution in [2.24, 2.45) is 7.05 Å². The summed E-state index contributed by atoms with van der Waals surface area (Å²) in [7, 11) is 2.09. The van der Waals surface area contributed by atoms with Crippen molar-refractivity contribution in [3.8, 4) is 0 Å². The second kappa shape index (κ2) is 18.6. The molecule has 3 unspecified atom stereocenters. The first kappa shape index (κ1) is 34.6. The van der Waals surface area contributed by atoms with Gasteiger partial charge in [-0.05, 0) is 48.9 Å². The molecule has 0 N–H and O–H groups in total. The Morgan fingerprint density at radius 2 is 1.36 bits per heavy atom. The lowest BCUT2D eigenvalue weighted by atomic mass is 9.89. The van der Waals surface area contributed by atoms with Gasteiger partial charge in [-0.25, -0.2) is 4.98 Å². The summed E-state index contributed by atoms with van der Waals surface area (Å²) >= 11 is 0. The smallest absolute Gasteiger partial charge is 0.117 e. The molecule has 0 spiro atoms. The topological polar surface area (TPSA) is 64.0 Å². The zero-order valence-electron chi connectivity index (χ0n) is 27.8. The quantitative estimate of drug-likeness (QED) is 0.121. The van der Waals surface area contributed by atoms with E-state index in [1.807, 2.05) is 6.07 Å². The Balaban J connectivity index is 1.66. The molecule has 0 amide bonds. The first-order chi connectivity index (χ1) is 21.6. The fourth-order valence-electron chi connectivity index (χ4n) is 5.84. The zero-order chi connectivity index (χ0) is 31.1. The van der Waals surface area contributed by atoms with Crippen LogP contribution in [0.3, 0.4) is 0 Å². The molecule has 0 bridgehead atoms. The summed E-state index contributed by atoms with van der Waals surface area (Å²) in [6.45, 7) is 12.0. The van der Waals surface area contributed by atoms with Crippen molar-refractivity contribution in [3.63, 3.8) is 0 Å². The third-order valence-corrected chi connectivity index (χ3v) is 8.50. The average molecular weight is 609 g/mol.